The monoisotopic (exact) mass is 210 g/mol. The van der Waals surface area contributed by atoms with Gasteiger partial charge in [0.2, 0.25) is 5.91 Å². The summed E-state index contributed by atoms with van der Waals surface area (Å²) in [5, 5.41) is 0. The molecule has 0 atom stereocenters. The fourth-order valence-corrected chi connectivity index (χ4v) is 2.08. The molecule has 0 aromatic heterocycles. The Labute approximate surface area is 92.3 Å². The van der Waals surface area contributed by atoms with E-state index in [2.05, 4.69) is 6.08 Å². The Balaban J connectivity index is 2.14. The number of carbonyl (C=O) groups excluding carboxylic acids is 1. The third-order valence-electron chi connectivity index (χ3n) is 3.10. The van der Waals surface area contributed by atoms with Crippen LogP contribution in [-0.4, -0.2) is 30.4 Å². The van der Waals surface area contributed by atoms with Gasteiger partial charge in [0.25, 0.3) is 0 Å². The lowest BCUT2D eigenvalue weighted by molar-refractivity contribution is -0.130. The predicted octanol–water partition coefficient (Wildman–Crippen LogP) is 1.54. The molecule has 0 aromatic carbocycles. The van der Waals surface area contributed by atoms with Gasteiger partial charge in [0.15, 0.2) is 0 Å². The van der Waals surface area contributed by atoms with Gasteiger partial charge < -0.3 is 10.6 Å². The topological polar surface area (TPSA) is 46.3 Å². The lowest BCUT2D eigenvalue weighted by Crippen LogP contribution is -2.36. The number of likely N-dealkylation sites (tertiary alicyclic amines) is 1. The fraction of sp³-hybridized carbons (Fsp3) is 0.750. The molecule has 1 amide bonds. The first-order chi connectivity index (χ1) is 7.24. The molecular formula is C12H22N2O. The first-order valence-electron chi connectivity index (χ1n) is 5.84. The molecule has 1 aliphatic heterocycles. The summed E-state index contributed by atoms with van der Waals surface area (Å²) in [5.41, 5.74) is 5.37. The Hall–Kier alpha value is -0.830. The molecule has 1 fully saturated rings. The van der Waals surface area contributed by atoms with E-state index in [9.17, 15) is 4.79 Å². The van der Waals surface area contributed by atoms with Crippen LogP contribution in [0.1, 0.15) is 32.6 Å². The number of hydrogen-bond donors (Lipinski definition) is 1. The third kappa shape index (κ3) is 4.47. The van der Waals surface area contributed by atoms with Crippen molar-refractivity contribution in [3.63, 3.8) is 0 Å². The number of piperidine rings is 1. The first-order valence-corrected chi connectivity index (χ1v) is 5.84. The van der Waals surface area contributed by atoms with Crippen molar-refractivity contribution in [2.75, 3.05) is 19.6 Å². The fourth-order valence-electron chi connectivity index (χ4n) is 2.08. The lowest BCUT2D eigenvalue weighted by Gasteiger charge is -2.31. The molecule has 1 rings (SSSR count). The minimum Gasteiger partial charge on any atom is -0.343 e. The van der Waals surface area contributed by atoms with Crippen LogP contribution in [0.3, 0.4) is 0 Å². The van der Waals surface area contributed by atoms with Crippen LogP contribution >= 0.6 is 0 Å². The summed E-state index contributed by atoms with van der Waals surface area (Å²) in [4.78, 5) is 13.1. The number of nitrogens with zero attached hydrogens (tertiary/aromatic N) is 1. The first kappa shape index (κ1) is 12.2. The highest BCUT2D eigenvalue weighted by Crippen LogP contribution is 2.21. The normalized spacial score (nSPS) is 18.7. The van der Waals surface area contributed by atoms with Gasteiger partial charge in [-0.3, -0.25) is 4.79 Å². The molecule has 0 bridgehead atoms. The standard InChI is InChI=1S/C12H22N2O/c1-11(15)14-9-6-12(7-10-14)5-3-2-4-8-13/h2,4,12H,3,5-10,13H2,1H3/b4-2+. The Morgan fingerprint density at radius 3 is 2.60 bits per heavy atom. The van der Waals surface area contributed by atoms with Crippen molar-refractivity contribution < 1.29 is 4.79 Å². The zero-order valence-corrected chi connectivity index (χ0v) is 9.61. The molecule has 15 heavy (non-hydrogen) atoms. The highest BCUT2D eigenvalue weighted by atomic mass is 16.2. The highest BCUT2D eigenvalue weighted by Gasteiger charge is 2.19. The predicted molar refractivity (Wildman–Crippen MR) is 62.4 cm³/mol. The quantitative estimate of drug-likeness (QED) is 0.715. The van der Waals surface area contributed by atoms with E-state index in [1.807, 2.05) is 11.0 Å². The van der Waals surface area contributed by atoms with Gasteiger partial charge >= 0.3 is 0 Å². The average molecular weight is 210 g/mol. The maximum atomic E-state index is 11.1. The maximum absolute atomic E-state index is 11.1. The summed E-state index contributed by atoms with van der Waals surface area (Å²) < 4.78 is 0. The molecule has 86 valence electrons. The van der Waals surface area contributed by atoms with E-state index in [1.54, 1.807) is 6.92 Å². The Kier molecular flexibility index (Phi) is 5.40. The van der Waals surface area contributed by atoms with E-state index in [-0.39, 0.29) is 5.91 Å². The largest absolute Gasteiger partial charge is 0.343 e. The van der Waals surface area contributed by atoms with Crippen LogP contribution in [0.25, 0.3) is 0 Å². The van der Waals surface area contributed by atoms with E-state index in [0.717, 1.165) is 38.3 Å². The van der Waals surface area contributed by atoms with Crippen LogP contribution in [0.15, 0.2) is 12.2 Å². The van der Waals surface area contributed by atoms with Crippen molar-refractivity contribution in [1.82, 2.24) is 4.90 Å². The number of amides is 1. The molecule has 0 aliphatic carbocycles. The van der Waals surface area contributed by atoms with Crippen LogP contribution in [0.2, 0.25) is 0 Å². The van der Waals surface area contributed by atoms with Gasteiger partial charge in [-0.1, -0.05) is 12.2 Å². The van der Waals surface area contributed by atoms with Crippen LogP contribution in [-0.2, 0) is 4.79 Å². The molecule has 0 unspecified atom stereocenters. The molecule has 2 N–H and O–H groups in total. The molecule has 1 heterocycles. The van der Waals surface area contributed by atoms with E-state index >= 15 is 0 Å². The molecule has 1 saturated heterocycles. The second-order valence-corrected chi connectivity index (χ2v) is 4.23. The molecule has 0 saturated carbocycles. The van der Waals surface area contributed by atoms with Gasteiger partial charge in [-0.25, -0.2) is 0 Å². The van der Waals surface area contributed by atoms with E-state index in [0.29, 0.717) is 6.54 Å². The Morgan fingerprint density at radius 2 is 2.07 bits per heavy atom. The minimum atomic E-state index is 0.219. The van der Waals surface area contributed by atoms with Gasteiger partial charge in [0.05, 0.1) is 0 Å². The van der Waals surface area contributed by atoms with Gasteiger partial charge in [0, 0.05) is 26.6 Å². The SMILES string of the molecule is CC(=O)N1CCC(CC/C=C/CN)CC1. The molecular weight excluding hydrogens is 188 g/mol. The van der Waals surface area contributed by atoms with Crippen LogP contribution in [0, 0.1) is 5.92 Å². The van der Waals surface area contributed by atoms with E-state index in [4.69, 9.17) is 5.73 Å². The van der Waals surface area contributed by atoms with Crippen LogP contribution in [0.5, 0.6) is 0 Å². The second kappa shape index (κ2) is 6.62. The third-order valence-corrected chi connectivity index (χ3v) is 3.10. The van der Waals surface area contributed by atoms with Gasteiger partial charge in [-0.15, -0.1) is 0 Å². The van der Waals surface area contributed by atoms with Crippen molar-refractivity contribution in [2.24, 2.45) is 11.7 Å². The number of nitrogens with two attached hydrogens (primary N) is 1. The lowest BCUT2D eigenvalue weighted by atomic mass is 9.92. The van der Waals surface area contributed by atoms with Gasteiger partial charge in [-0.05, 0) is 31.6 Å². The molecule has 1 aliphatic rings. The molecule has 0 radical (unpaired) electrons. The van der Waals surface area contributed by atoms with Gasteiger partial charge in [0.1, 0.15) is 0 Å². The van der Waals surface area contributed by atoms with E-state index in [1.165, 1.54) is 6.42 Å². The van der Waals surface area contributed by atoms with Gasteiger partial charge in [-0.2, -0.15) is 0 Å². The Bertz CT molecular complexity index is 218. The number of carbonyl (C=O) groups is 1. The molecule has 3 heteroatoms. The highest BCUT2D eigenvalue weighted by molar-refractivity contribution is 5.73. The summed E-state index contributed by atoms with van der Waals surface area (Å²) in [6.07, 6.45) is 8.87. The smallest absolute Gasteiger partial charge is 0.219 e. The summed E-state index contributed by atoms with van der Waals surface area (Å²) in [6, 6.07) is 0. The van der Waals surface area contributed by atoms with Crippen molar-refractivity contribution in [2.45, 2.75) is 32.6 Å². The zero-order chi connectivity index (χ0) is 11.1. The second-order valence-electron chi connectivity index (χ2n) is 4.23. The van der Waals surface area contributed by atoms with Crippen molar-refractivity contribution in [3.8, 4) is 0 Å². The molecule has 0 aromatic rings. The van der Waals surface area contributed by atoms with E-state index < -0.39 is 0 Å². The summed E-state index contributed by atoms with van der Waals surface area (Å²) in [7, 11) is 0. The summed E-state index contributed by atoms with van der Waals surface area (Å²) in [6.45, 7) is 4.19. The summed E-state index contributed by atoms with van der Waals surface area (Å²) >= 11 is 0. The average Bonchev–Trinajstić information content (AvgIpc) is 2.25. The Morgan fingerprint density at radius 1 is 1.40 bits per heavy atom. The zero-order valence-electron chi connectivity index (χ0n) is 9.61. The van der Waals surface area contributed by atoms with Crippen molar-refractivity contribution in [3.05, 3.63) is 12.2 Å². The van der Waals surface area contributed by atoms with Crippen molar-refractivity contribution in [1.29, 1.82) is 0 Å². The number of allylic oxidation sites excluding steroid dienone is 1. The maximum Gasteiger partial charge on any atom is 0.219 e. The van der Waals surface area contributed by atoms with Crippen molar-refractivity contribution >= 4 is 5.91 Å². The molecule has 3 nitrogen and oxygen atoms in total. The summed E-state index contributed by atoms with van der Waals surface area (Å²) in [5.74, 6) is 1.01. The molecule has 0 spiro atoms. The number of rotatable bonds is 4. The van der Waals surface area contributed by atoms with Crippen LogP contribution < -0.4 is 5.73 Å². The minimum absolute atomic E-state index is 0.219. The number of hydrogen-bond acceptors (Lipinski definition) is 2. The van der Waals surface area contributed by atoms with Crippen LogP contribution in [0.4, 0.5) is 0 Å².